The minimum Gasteiger partial charge on any atom is -0.355 e. The number of carbonyl (C=O) groups is 2. The molecule has 3 heterocycles. The Balaban J connectivity index is 2.00. The third-order valence-electron chi connectivity index (χ3n) is 4.97. The topological polar surface area (TPSA) is 80.3 Å². The van der Waals surface area contributed by atoms with Crippen LogP contribution in [0.4, 0.5) is 0 Å². The predicted molar refractivity (Wildman–Crippen MR) is 96.1 cm³/mol. The summed E-state index contributed by atoms with van der Waals surface area (Å²) in [4.78, 5) is 26.7. The summed E-state index contributed by atoms with van der Waals surface area (Å²) in [7, 11) is -3.48. The minimum absolute atomic E-state index is 0.00733. The molecule has 0 spiro atoms. The van der Waals surface area contributed by atoms with Crippen molar-refractivity contribution in [2.45, 2.75) is 32.6 Å². The average Bonchev–Trinajstić information content (AvgIpc) is 3.07. The Morgan fingerprint density at radius 1 is 1.28 bits per heavy atom. The molecule has 5 nitrogen and oxygen atoms in total. The molecule has 2 aliphatic heterocycles. The molecule has 1 aliphatic carbocycles. The van der Waals surface area contributed by atoms with Gasteiger partial charge in [0.05, 0.1) is 26.6 Å². The lowest BCUT2D eigenvalue weighted by Crippen LogP contribution is -2.43. The number of carbonyl (C=O) groups excluding carboxylic acids is 2. The van der Waals surface area contributed by atoms with E-state index in [-0.39, 0.29) is 39.9 Å². The maximum atomic E-state index is 13.1. The molecule has 1 unspecified atom stereocenters. The fourth-order valence-electron chi connectivity index (χ4n) is 3.78. The van der Waals surface area contributed by atoms with Crippen molar-refractivity contribution in [3.05, 3.63) is 43.2 Å². The fraction of sp³-hybridized carbons (Fsp3) is 0.412. The van der Waals surface area contributed by atoms with E-state index < -0.39 is 21.2 Å². The number of allylic oxidation sites excluding steroid dienone is 4. The molecule has 4 rings (SSSR count). The zero-order chi connectivity index (χ0) is 18.1. The van der Waals surface area contributed by atoms with E-state index in [4.69, 9.17) is 11.6 Å². The molecule has 132 valence electrons. The Morgan fingerprint density at radius 2 is 2.00 bits per heavy atom. The summed E-state index contributed by atoms with van der Waals surface area (Å²) in [6.45, 7) is 3.45. The lowest BCUT2D eigenvalue weighted by atomic mass is 9.69. The van der Waals surface area contributed by atoms with Gasteiger partial charge in [0.1, 0.15) is 0 Å². The first-order chi connectivity index (χ1) is 11.6. The summed E-state index contributed by atoms with van der Waals surface area (Å²) >= 11 is 7.30. The monoisotopic (exact) mass is 397 g/mol. The second kappa shape index (κ2) is 5.28. The number of Topliss-reactive ketones (excluding diaryl/α,β-unsaturated/α-hetero) is 2. The molecule has 0 saturated carbocycles. The molecule has 3 aliphatic rings. The number of sulfone groups is 1. The van der Waals surface area contributed by atoms with Gasteiger partial charge < -0.3 is 5.32 Å². The van der Waals surface area contributed by atoms with Crippen molar-refractivity contribution in [2.75, 3.05) is 5.75 Å². The molecule has 1 aromatic rings. The summed E-state index contributed by atoms with van der Waals surface area (Å²) in [6, 6.07) is 3.43. The van der Waals surface area contributed by atoms with E-state index in [0.717, 1.165) is 0 Å². The van der Waals surface area contributed by atoms with Crippen LogP contribution in [0.15, 0.2) is 34.0 Å². The van der Waals surface area contributed by atoms with Gasteiger partial charge in [-0.3, -0.25) is 9.59 Å². The Bertz CT molecular complexity index is 998. The first kappa shape index (κ1) is 17.0. The van der Waals surface area contributed by atoms with Gasteiger partial charge in [-0.05, 0) is 12.1 Å². The quantitative estimate of drug-likeness (QED) is 0.788. The molecular formula is C17H16ClNO4S2. The predicted octanol–water partition coefficient (Wildman–Crippen LogP) is 2.94. The maximum Gasteiger partial charge on any atom is 0.180 e. The van der Waals surface area contributed by atoms with Gasteiger partial charge in [-0.15, -0.1) is 11.3 Å². The third kappa shape index (κ3) is 2.44. The van der Waals surface area contributed by atoms with Gasteiger partial charge in [0, 0.05) is 34.4 Å². The van der Waals surface area contributed by atoms with Crippen molar-refractivity contribution in [1.82, 2.24) is 5.32 Å². The number of dihydropyridines is 1. The molecule has 0 saturated heterocycles. The van der Waals surface area contributed by atoms with Crippen molar-refractivity contribution in [2.24, 2.45) is 5.41 Å². The smallest absolute Gasteiger partial charge is 0.180 e. The molecule has 8 heteroatoms. The van der Waals surface area contributed by atoms with E-state index in [9.17, 15) is 18.0 Å². The SMILES string of the molecule is CC1(C)CC(=O)C2=C(C1=O)C(c1ccc(Cl)s1)C1=C(CCS1(=O)=O)N2. The first-order valence-electron chi connectivity index (χ1n) is 7.92. The number of thiophene rings is 1. The number of rotatable bonds is 1. The number of ketones is 2. The summed E-state index contributed by atoms with van der Waals surface area (Å²) in [5.41, 5.74) is 0.213. The molecule has 1 atom stereocenters. The van der Waals surface area contributed by atoms with Gasteiger partial charge >= 0.3 is 0 Å². The molecular weight excluding hydrogens is 382 g/mol. The normalized spacial score (nSPS) is 27.2. The summed E-state index contributed by atoms with van der Waals surface area (Å²) in [5, 5.41) is 2.98. The van der Waals surface area contributed by atoms with E-state index in [1.807, 2.05) is 0 Å². The lowest BCUT2D eigenvalue weighted by Gasteiger charge is -2.37. The zero-order valence-corrected chi connectivity index (χ0v) is 16.1. The van der Waals surface area contributed by atoms with Crippen LogP contribution in [0.3, 0.4) is 0 Å². The van der Waals surface area contributed by atoms with E-state index >= 15 is 0 Å². The van der Waals surface area contributed by atoms with Crippen molar-refractivity contribution in [3.63, 3.8) is 0 Å². The van der Waals surface area contributed by atoms with Crippen LogP contribution in [-0.2, 0) is 19.4 Å². The van der Waals surface area contributed by atoms with Crippen LogP contribution in [0.2, 0.25) is 4.34 Å². The minimum atomic E-state index is -3.48. The molecule has 0 radical (unpaired) electrons. The van der Waals surface area contributed by atoms with Crippen LogP contribution in [0.1, 0.15) is 37.5 Å². The third-order valence-corrected chi connectivity index (χ3v) is 8.16. The summed E-state index contributed by atoms with van der Waals surface area (Å²) < 4.78 is 25.8. The van der Waals surface area contributed by atoms with E-state index in [1.54, 1.807) is 26.0 Å². The number of nitrogens with one attached hydrogen (secondary N) is 1. The van der Waals surface area contributed by atoms with Crippen molar-refractivity contribution in [1.29, 1.82) is 0 Å². The highest BCUT2D eigenvalue weighted by Gasteiger charge is 2.51. The molecule has 0 bridgehead atoms. The number of hydrogen-bond acceptors (Lipinski definition) is 6. The molecule has 0 amide bonds. The fourth-order valence-corrected chi connectivity index (χ4v) is 6.86. The largest absolute Gasteiger partial charge is 0.355 e. The number of halogens is 1. The first-order valence-corrected chi connectivity index (χ1v) is 10.8. The van der Waals surface area contributed by atoms with Gasteiger partial charge in [-0.1, -0.05) is 25.4 Å². The average molecular weight is 398 g/mol. The lowest BCUT2D eigenvalue weighted by molar-refractivity contribution is -0.130. The van der Waals surface area contributed by atoms with Crippen molar-refractivity contribution >= 4 is 44.3 Å². The molecule has 0 fully saturated rings. The highest BCUT2D eigenvalue weighted by molar-refractivity contribution is 7.95. The van der Waals surface area contributed by atoms with Gasteiger partial charge in [-0.25, -0.2) is 8.42 Å². The Hall–Kier alpha value is -1.44. The Labute approximate surface area is 154 Å². The van der Waals surface area contributed by atoms with Crippen molar-refractivity contribution in [3.8, 4) is 0 Å². The second-order valence-corrected chi connectivity index (χ2v) is 11.0. The van der Waals surface area contributed by atoms with Crippen LogP contribution >= 0.6 is 22.9 Å². The van der Waals surface area contributed by atoms with E-state index in [1.165, 1.54) is 11.3 Å². The van der Waals surface area contributed by atoms with Gasteiger partial charge in [-0.2, -0.15) is 0 Å². The molecule has 0 aromatic carbocycles. The van der Waals surface area contributed by atoms with Gasteiger partial charge in [0.15, 0.2) is 21.4 Å². The highest BCUT2D eigenvalue weighted by atomic mass is 35.5. The standard InChI is InChI=1S/C17H16ClNO4S2/c1-17(2)7-9(20)14-13(16(17)21)12(10-3-4-11(18)24-10)15-8(19-14)5-6-25(15,22)23/h3-4,12,19H,5-7H2,1-2H3. The summed E-state index contributed by atoms with van der Waals surface area (Å²) in [6.07, 6.45) is 0.444. The van der Waals surface area contributed by atoms with Gasteiger partial charge in [0.2, 0.25) is 0 Å². The Kier molecular flexibility index (Phi) is 3.59. The van der Waals surface area contributed by atoms with Crippen LogP contribution in [-0.4, -0.2) is 25.7 Å². The molecule has 25 heavy (non-hydrogen) atoms. The zero-order valence-electron chi connectivity index (χ0n) is 13.7. The van der Waals surface area contributed by atoms with Crippen LogP contribution in [0, 0.1) is 5.41 Å². The van der Waals surface area contributed by atoms with E-state index in [0.29, 0.717) is 21.3 Å². The molecule has 1 aromatic heterocycles. The second-order valence-electron chi connectivity index (χ2n) is 7.21. The number of hydrogen-bond donors (Lipinski definition) is 1. The molecule has 1 N–H and O–H groups in total. The van der Waals surface area contributed by atoms with Crippen LogP contribution < -0.4 is 5.32 Å². The van der Waals surface area contributed by atoms with Crippen molar-refractivity contribution < 1.29 is 18.0 Å². The Morgan fingerprint density at radius 3 is 2.64 bits per heavy atom. The van der Waals surface area contributed by atoms with Crippen LogP contribution in [0.25, 0.3) is 0 Å². The maximum absolute atomic E-state index is 13.1. The summed E-state index contributed by atoms with van der Waals surface area (Å²) in [5.74, 6) is -1.08. The van der Waals surface area contributed by atoms with Crippen LogP contribution in [0.5, 0.6) is 0 Å². The van der Waals surface area contributed by atoms with Gasteiger partial charge in [0.25, 0.3) is 0 Å². The van der Waals surface area contributed by atoms with E-state index in [2.05, 4.69) is 5.32 Å². The highest BCUT2D eigenvalue weighted by Crippen LogP contribution is 2.51.